The van der Waals surface area contributed by atoms with Gasteiger partial charge in [0.2, 0.25) is 0 Å². The third-order valence-electron chi connectivity index (χ3n) is 2.47. The predicted molar refractivity (Wildman–Crippen MR) is 73.7 cm³/mol. The lowest BCUT2D eigenvalue weighted by molar-refractivity contribution is 0.0691. The van der Waals surface area contributed by atoms with Gasteiger partial charge in [0, 0.05) is 5.56 Å². The Morgan fingerprint density at radius 1 is 1.30 bits per heavy atom. The summed E-state index contributed by atoms with van der Waals surface area (Å²) in [5.41, 5.74) is 4.61. The number of nitrogen functional groups attached to an aromatic ring is 1. The molecule has 0 spiro atoms. The van der Waals surface area contributed by atoms with Crippen molar-refractivity contribution in [3.63, 3.8) is 0 Å². The first-order valence-electron chi connectivity index (χ1n) is 5.15. The van der Waals surface area contributed by atoms with Gasteiger partial charge in [-0.05, 0) is 34.1 Å². The van der Waals surface area contributed by atoms with Gasteiger partial charge in [0.25, 0.3) is 0 Å². The Balaban J connectivity index is 2.71. The van der Waals surface area contributed by atoms with Crippen LogP contribution in [-0.4, -0.2) is 16.1 Å². The number of rotatable bonds is 2. The van der Waals surface area contributed by atoms with Crippen LogP contribution in [0, 0.1) is 11.6 Å². The highest BCUT2D eigenvalue weighted by atomic mass is 79.9. The minimum absolute atomic E-state index is 0.0563. The molecule has 3 N–H and O–H groups in total. The zero-order chi connectivity index (χ0) is 15.0. The molecule has 1 aromatic carbocycles. The molecule has 8 heteroatoms. The zero-order valence-corrected chi connectivity index (χ0v) is 12.0. The number of aromatic nitrogens is 1. The van der Waals surface area contributed by atoms with E-state index in [-0.39, 0.29) is 26.4 Å². The van der Waals surface area contributed by atoms with Crippen LogP contribution in [0.15, 0.2) is 22.7 Å². The van der Waals surface area contributed by atoms with Crippen molar-refractivity contribution < 1.29 is 18.7 Å². The number of nitrogens with zero attached hydrogens (tertiary/aromatic N) is 1. The molecule has 0 fully saturated rings. The van der Waals surface area contributed by atoms with Crippen molar-refractivity contribution in [2.24, 2.45) is 0 Å². The average Bonchev–Trinajstić information content (AvgIpc) is 2.36. The van der Waals surface area contributed by atoms with Crippen LogP contribution in [-0.2, 0) is 0 Å². The van der Waals surface area contributed by atoms with Gasteiger partial charge >= 0.3 is 5.97 Å². The van der Waals surface area contributed by atoms with Crippen molar-refractivity contribution in [3.05, 3.63) is 45.0 Å². The summed E-state index contributed by atoms with van der Waals surface area (Å²) in [5, 5.41) is 8.70. The summed E-state index contributed by atoms with van der Waals surface area (Å²) < 4.78 is 27.2. The first kappa shape index (κ1) is 14.7. The molecule has 20 heavy (non-hydrogen) atoms. The molecule has 0 aliphatic rings. The van der Waals surface area contributed by atoms with E-state index in [1.165, 1.54) is 6.07 Å². The van der Waals surface area contributed by atoms with Crippen LogP contribution < -0.4 is 5.73 Å². The highest BCUT2D eigenvalue weighted by molar-refractivity contribution is 9.10. The molecular weight excluding hydrogens is 357 g/mol. The van der Waals surface area contributed by atoms with Gasteiger partial charge in [0.1, 0.15) is 11.6 Å². The standard InChI is InChI=1S/C12H6BrClF2N2O2/c13-5-2-6(15)4(1-7(5)16)9-3-8(17)10(14)11(18-9)12(19)20/h1-3H,(H2,17,18)(H,19,20). The summed E-state index contributed by atoms with van der Waals surface area (Å²) in [5.74, 6) is -2.90. The highest BCUT2D eigenvalue weighted by Gasteiger charge is 2.18. The number of aromatic carboxylic acids is 1. The second-order valence-electron chi connectivity index (χ2n) is 3.81. The first-order valence-corrected chi connectivity index (χ1v) is 6.32. The van der Waals surface area contributed by atoms with Crippen molar-refractivity contribution in [3.8, 4) is 11.3 Å². The molecule has 1 heterocycles. The number of pyridine rings is 1. The molecule has 2 rings (SSSR count). The maximum atomic E-state index is 13.8. The topological polar surface area (TPSA) is 76.2 Å². The molecule has 0 unspecified atom stereocenters. The lowest BCUT2D eigenvalue weighted by Gasteiger charge is -2.08. The Bertz CT molecular complexity index is 725. The fraction of sp³-hybridized carbons (Fsp3) is 0. The Hall–Kier alpha value is -1.73. The summed E-state index contributed by atoms with van der Waals surface area (Å²) in [6.45, 7) is 0. The third kappa shape index (κ3) is 2.59. The molecule has 0 amide bonds. The Labute approximate surface area is 125 Å². The minimum Gasteiger partial charge on any atom is -0.476 e. The van der Waals surface area contributed by atoms with Crippen LogP contribution in [0.1, 0.15) is 10.5 Å². The molecule has 0 saturated heterocycles. The van der Waals surface area contributed by atoms with Gasteiger partial charge in [-0.1, -0.05) is 11.6 Å². The maximum absolute atomic E-state index is 13.8. The second-order valence-corrected chi connectivity index (χ2v) is 5.04. The molecule has 0 saturated carbocycles. The summed E-state index contributed by atoms with van der Waals surface area (Å²) >= 11 is 8.54. The molecular formula is C12H6BrClF2N2O2. The largest absolute Gasteiger partial charge is 0.476 e. The van der Waals surface area contributed by atoms with E-state index in [1.54, 1.807) is 0 Å². The molecule has 0 bridgehead atoms. The van der Waals surface area contributed by atoms with Crippen molar-refractivity contribution in [2.45, 2.75) is 0 Å². The Kier molecular flexibility index (Phi) is 3.92. The molecule has 0 radical (unpaired) electrons. The van der Waals surface area contributed by atoms with Gasteiger partial charge < -0.3 is 10.8 Å². The Morgan fingerprint density at radius 2 is 1.95 bits per heavy atom. The minimum atomic E-state index is -1.42. The van der Waals surface area contributed by atoms with Crippen LogP contribution in [0.5, 0.6) is 0 Å². The molecule has 0 aliphatic heterocycles. The number of hydrogen-bond donors (Lipinski definition) is 2. The number of nitrogens with two attached hydrogens (primary N) is 1. The quantitative estimate of drug-likeness (QED) is 0.797. The first-order chi connectivity index (χ1) is 9.31. The van der Waals surface area contributed by atoms with E-state index in [1.807, 2.05) is 0 Å². The van der Waals surface area contributed by atoms with E-state index in [9.17, 15) is 13.6 Å². The van der Waals surface area contributed by atoms with Crippen LogP contribution in [0.2, 0.25) is 5.02 Å². The molecule has 4 nitrogen and oxygen atoms in total. The number of anilines is 1. The van der Waals surface area contributed by atoms with Crippen molar-refractivity contribution in [1.29, 1.82) is 0 Å². The molecule has 104 valence electrons. The summed E-state index contributed by atoms with van der Waals surface area (Å²) in [6, 6.07) is 2.98. The highest BCUT2D eigenvalue weighted by Crippen LogP contribution is 2.31. The van der Waals surface area contributed by atoms with Crippen LogP contribution in [0.4, 0.5) is 14.5 Å². The van der Waals surface area contributed by atoms with Crippen molar-refractivity contribution >= 4 is 39.2 Å². The predicted octanol–water partition coefficient (Wildman–Crippen LogP) is 3.72. The third-order valence-corrected chi connectivity index (χ3v) is 3.48. The fourth-order valence-corrected chi connectivity index (χ4v) is 2.04. The molecule has 0 atom stereocenters. The SMILES string of the molecule is Nc1cc(-c2cc(F)c(Br)cc2F)nc(C(=O)O)c1Cl. The molecule has 0 aliphatic carbocycles. The number of carbonyl (C=O) groups is 1. The van der Waals surface area contributed by atoms with Gasteiger partial charge in [-0.2, -0.15) is 0 Å². The summed E-state index contributed by atoms with van der Waals surface area (Å²) in [4.78, 5) is 14.7. The molecule has 2 aromatic rings. The summed E-state index contributed by atoms with van der Waals surface area (Å²) in [6.07, 6.45) is 0. The average molecular weight is 364 g/mol. The van der Waals surface area contributed by atoms with Gasteiger partial charge in [-0.15, -0.1) is 0 Å². The normalized spacial score (nSPS) is 10.6. The monoisotopic (exact) mass is 362 g/mol. The summed E-state index contributed by atoms with van der Waals surface area (Å²) in [7, 11) is 0. The van der Waals surface area contributed by atoms with E-state index in [4.69, 9.17) is 22.4 Å². The van der Waals surface area contributed by atoms with Gasteiger partial charge in [0.05, 0.1) is 20.9 Å². The van der Waals surface area contributed by atoms with E-state index in [0.717, 1.165) is 12.1 Å². The lowest BCUT2D eigenvalue weighted by Crippen LogP contribution is -2.06. The number of hydrogen-bond acceptors (Lipinski definition) is 3. The number of carboxylic acids is 1. The van der Waals surface area contributed by atoms with Gasteiger partial charge in [-0.25, -0.2) is 18.6 Å². The van der Waals surface area contributed by atoms with Gasteiger partial charge in [0.15, 0.2) is 5.69 Å². The zero-order valence-electron chi connectivity index (χ0n) is 9.62. The van der Waals surface area contributed by atoms with Gasteiger partial charge in [-0.3, -0.25) is 0 Å². The molecule has 1 aromatic heterocycles. The van der Waals surface area contributed by atoms with Crippen LogP contribution >= 0.6 is 27.5 Å². The van der Waals surface area contributed by atoms with E-state index >= 15 is 0 Å². The number of carboxylic acid groups (broad SMARTS) is 1. The lowest BCUT2D eigenvalue weighted by atomic mass is 10.1. The van der Waals surface area contributed by atoms with E-state index < -0.39 is 23.3 Å². The maximum Gasteiger partial charge on any atom is 0.356 e. The van der Waals surface area contributed by atoms with Crippen molar-refractivity contribution in [1.82, 2.24) is 4.98 Å². The Morgan fingerprint density at radius 3 is 2.55 bits per heavy atom. The van der Waals surface area contributed by atoms with E-state index in [0.29, 0.717) is 0 Å². The van der Waals surface area contributed by atoms with E-state index in [2.05, 4.69) is 20.9 Å². The smallest absolute Gasteiger partial charge is 0.356 e. The fourth-order valence-electron chi connectivity index (χ4n) is 1.55. The van der Waals surface area contributed by atoms with Crippen LogP contribution in [0.3, 0.4) is 0 Å². The number of benzene rings is 1. The van der Waals surface area contributed by atoms with Crippen LogP contribution in [0.25, 0.3) is 11.3 Å². The number of halogens is 4. The second kappa shape index (κ2) is 5.34. The van der Waals surface area contributed by atoms with Crippen molar-refractivity contribution in [2.75, 3.05) is 5.73 Å².